The normalized spacial score (nSPS) is 10.9. The first-order valence-corrected chi connectivity index (χ1v) is 11.4. The summed E-state index contributed by atoms with van der Waals surface area (Å²) in [7, 11) is 0. The van der Waals surface area contributed by atoms with E-state index in [1.165, 1.54) is 0 Å². The number of anilines is 3. The Hall–Kier alpha value is -4.52. The van der Waals surface area contributed by atoms with Gasteiger partial charge in [0.15, 0.2) is 5.58 Å². The number of nitrogens with zero attached hydrogens (tertiary/aromatic N) is 3. The van der Waals surface area contributed by atoms with Crippen molar-refractivity contribution in [3.05, 3.63) is 95.4 Å². The number of hydrogen-bond acceptors (Lipinski definition) is 6. The van der Waals surface area contributed by atoms with Crippen LogP contribution in [0, 0.1) is 20.8 Å². The lowest BCUT2D eigenvalue weighted by Crippen LogP contribution is -2.14. The molecule has 0 unspecified atom stereocenters. The molecule has 0 atom stereocenters. The highest BCUT2D eigenvalue weighted by molar-refractivity contribution is 5.95. The fraction of sp³-hybridized carbons (Fsp3) is 0.143. The molecule has 1 amide bonds. The molecule has 7 heteroatoms. The Bertz CT molecular complexity index is 1530. The largest absolute Gasteiger partial charge is 0.356 e. The van der Waals surface area contributed by atoms with Gasteiger partial charge in [0.25, 0.3) is 0 Å². The number of carbonyl (C=O) groups excluding carboxylic acids is 1. The van der Waals surface area contributed by atoms with Gasteiger partial charge >= 0.3 is 0 Å². The third-order valence-corrected chi connectivity index (χ3v) is 5.63. The van der Waals surface area contributed by atoms with E-state index in [0.29, 0.717) is 23.0 Å². The average molecular weight is 464 g/mol. The van der Waals surface area contributed by atoms with E-state index in [9.17, 15) is 4.79 Å². The molecule has 3 aromatic carbocycles. The second-order valence-corrected chi connectivity index (χ2v) is 8.57. The Morgan fingerprint density at radius 1 is 0.886 bits per heavy atom. The van der Waals surface area contributed by atoms with Crippen molar-refractivity contribution in [1.29, 1.82) is 0 Å². The van der Waals surface area contributed by atoms with Crippen LogP contribution in [-0.2, 0) is 11.2 Å². The molecule has 5 aromatic rings. The van der Waals surface area contributed by atoms with Crippen LogP contribution in [0.2, 0.25) is 0 Å². The number of amides is 1. The minimum atomic E-state index is -0.166. The topological polar surface area (TPSA) is 92.9 Å². The molecule has 0 spiro atoms. The van der Waals surface area contributed by atoms with E-state index in [4.69, 9.17) is 4.52 Å². The zero-order chi connectivity index (χ0) is 24.4. The molecule has 5 rings (SSSR count). The quantitative estimate of drug-likeness (QED) is 0.314. The third kappa shape index (κ3) is 5.04. The smallest absolute Gasteiger partial charge is 0.230 e. The molecule has 2 N–H and O–H groups in total. The molecule has 0 saturated heterocycles. The van der Waals surface area contributed by atoms with Gasteiger partial charge in [0, 0.05) is 28.4 Å². The van der Waals surface area contributed by atoms with Gasteiger partial charge in [-0.15, -0.1) is 0 Å². The van der Waals surface area contributed by atoms with Gasteiger partial charge in [-0.05, 0) is 56.2 Å². The van der Waals surface area contributed by atoms with Crippen LogP contribution in [0.15, 0.2) is 77.3 Å². The zero-order valence-electron chi connectivity index (χ0n) is 19.8. The molecular formula is C28H25N5O2. The predicted octanol–water partition coefficient (Wildman–Crippen LogP) is 6.13. The standard InChI is InChI=1S/C28H25N5O2/c1-17-12-18(2)28-23(13-17)25(33-35-28)16-27(34)32-22-11-7-10-21(14-22)31-26-15-24(29-19(3)30-26)20-8-5-4-6-9-20/h4-15H,16H2,1-3H3,(H,32,34)(H,29,30,31). The van der Waals surface area contributed by atoms with Crippen LogP contribution < -0.4 is 10.6 Å². The first-order chi connectivity index (χ1) is 16.9. The first-order valence-electron chi connectivity index (χ1n) is 11.4. The predicted molar refractivity (Wildman–Crippen MR) is 138 cm³/mol. The molecule has 35 heavy (non-hydrogen) atoms. The number of hydrogen-bond donors (Lipinski definition) is 2. The van der Waals surface area contributed by atoms with Crippen molar-refractivity contribution in [2.45, 2.75) is 27.2 Å². The summed E-state index contributed by atoms with van der Waals surface area (Å²) < 4.78 is 5.47. The van der Waals surface area contributed by atoms with Crippen molar-refractivity contribution in [3.8, 4) is 11.3 Å². The molecule has 0 radical (unpaired) electrons. The van der Waals surface area contributed by atoms with Gasteiger partial charge in [0.05, 0.1) is 12.1 Å². The molecule has 0 saturated carbocycles. The van der Waals surface area contributed by atoms with Gasteiger partial charge in [-0.2, -0.15) is 0 Å². The van der Waals surface area contributed by atoms with Crippen LogP contribution in [0.3, 0.4) is 0 Å². The number of aryl methyl sites for hydroxylation is 3. The van der Waals surface area contributed by atoms with Crippen molar-refractivity contribution in [1.82, 2.24) is 15.1 Å². The third-order valence-electron chi connectivity index (χ3n) is 5.63. The molecule has 2 heterocycles. The molecule has 0 aliphatic heterocycles. The van der Waals surface area contributed by atoms with Gasteiger partial charge in [-0.1, -0.05) is 47.6 Å². The lowest BCUT2D eigenvalue weighted by molar-refractivity contribution is -0.115. The number of carbonyl (C=O) groups is 1. The lowest BCUT2D eigenvalue weighted by Gasteiger charge is -2.11. The van der Waals surface area contributed by atoms with Gasteiger partial charge in [-0.3, -0.25) is 4.79 Å². The lowest BCUT2D eigenvalue weighted by atomic mass is 10.1. The molecule has 7 nitrogen and oxygen atoms in total. The number of nitrogens with one attached hydrogen (secondary N) is 2. The van der Waals surface area contributed by atoms with E-state index >= 15 is 0 Å². The van der Waals surface area contributed by atoms with E-state index in [2.05, 4.69) is 25.8 Å². The Morgan fingerprint density at radius 2 is 1.69 bits per heavy atom. The summed E-state index contributed by atoms with van der Waals surface area (Å²) in [4.78, 5) is 21.8. The second-order valence-electron chi connectivity index (χ2n) is 8.57. The van der Waals surface area contributed by atoms with Crippen LogP contribution in [0.1, 0.15) is 22.6 Å². The fourth-order valence-electron chi connectivity index (χ4n) is 4.14. The Morgan fingerprint density at radius 3 is 2.51 bits per heavy atom. The Balaban J connectivity index is 1.31. The monoisotopic (exact) mass is 463 g/mol. The maximum Gasteiger partial charge on any atom is 0.230 e. The molecule has 0 aliphatic carbocycles. The minimum absolute atomic E-state index is 0.124. The van der Waals surface area contributed by atoms with E-state index in [1.54, 1.807) is 0 Å². The van der Waals surface area contributed by atoms with E-state index in [1.807, 2.05) is 93.6 Å². The second kappa shape index (κ2) is 9.38. The molecule has 0 bridgehead atoms. The minimum Gasteiger partial charge on any atom is -0.356 e. The van der Waals surface area contributed by atoms with Crippen molar-refractivity contribution in [3.63, 3.8) is 0 Å². The van der Waals surface area contributed by atoms with Crippen LogP contribution in [-0.4, -0.2) is 21.0 Å². The van der Waals surface area contributed by atoms with Gasteiger partial charge in [0.1, 0.15) is 17.3 Å². The highest BCUT2D eigenvalue weighted by atomic mass is 16.5. The van der Waals surface area contributed by atoms with Gasteiger partial charge < -0.3 is 15.2 Å². The van der Waals surface area contributed by atoms with Crippen molar-refractivity contribution < 1.29 is 9.32 Å². The van der Waals surface area contributed by atoms with Gasteiger partial charge in [0.2, 0.25) is 5.91 Å². The maximum absolute atomic E-state index is 12.8. The Kier molecular flexibility index (Phi) is 5.97. The number of rotatable bonds is 6. The molecular weight excluding hydrogens is 438 g/mol. The van der Waals surface area contributed by atoms with Crippen LogP contribution in [0.4, 0.5) is 17.2 Å². The summed E-state index contributed by atoms with van der Waals surface area (Å²) in [6, 6.07) is 23.4. The van der Waals surface area contributed by atoms with Crippen molar-refractivity contribution >= 4 is 34.1 Å². The maximum atomic E-state index is 12.8. The van der Waals surface area contributed by atoms with Crippen LogP contribution in [0.5, 0.6) is 0 Å². The van der Waals surface area contributed by atoms with Crippen molar-refractivity contribution in [2.24, 2.45) is 0 Å². The van der Waals surface area contributed by atoms with Crippen molar-refractivity contribution in [2.75, 3.05) is 10.6 Å². The summed E-state index contributed by atoms with van der Waals surface area (Å²) in [5.74, 6) is 1.18. The zero-order valence-corrected chi connectivity index (χ0v) is 19.8. The SMILES string of the molecule is Cc1cc(C)c2onc(CC(=O)Nc3cccc(Nc4cc(-c5ccccc5)nc(C)n4)c3)c2c1. The highest BCUT2D eigenvalue weighted by Gasteiger charge is 2.15. The highest BCUT2D eigenvalue weighted by Crippen LogP contribution is 2.26. The van der Waals surface area contributed by atoms with Crippen LogP contribution in [0.25, 0.3) is 22.2 Å². The number of fused-ring (bicyclic) bond motifs is 1. The molecule has 0 aliphatic rings. The van der Waals surface area contributed by atoms with Crippen LogP contribution >= 0.6 is 0 Å². The Labute approximate surface area is 203 Å². The summed E-state index contributed by atoms with van der Waals surface area (Å²) >= 11 is 0. The summed E-state index contributed by atoms with van der Waals surface area (Å²) in [6.45, 7) is 5.86. The summed E-state index contributed by atoms with van der Waals surface area (Å²) in [5, 5.41) is 11.3. The number of aromatic nitrogens is 3. The van der Waals surface area contributed by atoms with E-state index < -0.39 is 0 Å². The molecule has 0 fully saturated rings. The summed E-state index contributed by atoms with van der Waals surface area (Å²) in [6.07, 6.45) is 0.124. The van der Waals surface area contributed by atoms with Gasteiger partial charge in [-0.25, -0.2) is 9.97 Å². The summed E-state index contributed by atoms with van der Waals surface area (Å²) in [5.41, 5.74) is 6.81. The average Bonchev–Trinajstić information content (AvgIpc) is 3.22. The number of benzene rings is 3. The van der Waals surface area contributed by atoms with E-state index in [-0.39, 0.29) is 12.3 Å². The first kappa shape index (κ1) is 22.3. The fourth-order valence-corrected chi connectivity index (χ4v) is 4.14. The molecule has 174 valence electrons. The van der Waals surface area contributed by atoms with E-state index in [0.717, 1.165) is 39.0 Å². The molecule has 2 aromatic heterocycles.